The van der Waals surface area contributed by atoms with Crippen LogP contribution in [-0.2, 0) is 13.1 Å². The average molecular weight is 329 g/mol. The topological polar surface area (TPSA) is 76.2 Å². The highest BCUT2D eigenvalue weighted by atomic mass is 16.5. The second-order valence-corrected chi connectivity index (χ2v) is 6.91. The molecule has 1 saturated carbocycles. The van der Waals surface area contributed by atoms with Gasteiger partial charge in [0.15, 0.2) is 0 Å². The van der Waals surface area contributed by atoms with Gasteiger partial charge in [-0.15, -0.1) is 0 Å². The molecule has 2 aromatic rings. The first-order valence-corrected chi connectivity index (χ1v) is 8.61. The predicted molar refractivity (Wildman–Crippen MR) is 87.3 cm³/mol. The van der Waals surface area contributed by atoms with E-state index in [9.17, 15) is 4.79 Å². The van der Waals surface area contributed by atoms with Crippen molar-refractivity contribution in [3.63, 3.8) is 0 Å². The lowest BCUT2D eigenvalue weighted by molar-refractivity contribution is 0.0947. The van der Waals surface area contributed by atoms with Crippen LogP contribution in [0.5, 0.6) is 0 Å². The second-order valence-electron chi connectivity index (χ2n) is 6.91. The minimum Gasteiger partial charge on any atom is -0.361 e. The number of carbonyl (C=O) groups is 1. The van der Waals surface area contributed by atoms with Crippen molar-refractivity contribution in [2.24, 2.45) is 5.92 Å². The average Bonchev–Trinajstić information content (AvgIpc) is 3.14. The molecule has 1 N–H and O–H groups in total. The monoisotopic (exact) mass is 329 g/mol. The molecule has 1 aliphatic carbocycles. The molecule has 0 spiro atoms. The minimum absolute atomic E-state index is 0.0605. The van der Waals surface area contributed by atoms with Crippen molar-refractivity contribution in [3.05, 3.63) is 35.2 Å². The van der Waals surface area contributed by atoms with Crippen molar-refractivity contribution < 1.29 is 9.32 Å². The fourth-order valence-electron chi connectivity index (χ4n) is 3.21. The fraction of sp³-hybridized carbons (Fsp3) is 0.588. The van der Waals surface area contributed by atoms with Gasteiger partial charge in [0.05, 0.1) is 11.7 Å². The third-order valence-electron chi connectivity index (χ3n) is 4.88. The molecular formula is C17H23N5O2. The molecule has 2 aliphatic rings. The number of hydrogen-bond acceptors (Lipinski definition) is 5. The lowest BCUT2D eigenvalue weighted by Gasteiger charge is -2.32. The first kappa shape index (κ1) is 15.4. The Kier molecular flexibility index (Phi) is 3.88. The standard InChI is InChI=1S/C17H23N5O2/c1-11-7-14(20-24-11)9-21-5-6-22-10-15(19-16(22)12(21)2)17(23)18-8-13-3-4-13/h7,10,12-13H,3-6,8-9H2,1-2H3,(H,18,23)/t12-/m0/s1. The van der Waals surface area contributed by atoms with Gasteiger partial charge in [-0.25, -0.2) is 4.98 Å². The van der Waals surface area contributed by atoms with Crippen molar-refractivity contribution in [1.29, 1.82) is 0 Å². The number of hydrogen-bond donors (Lipinski definition) is 1. The Morgan fingerprint density at radius 3 is 2.96 bits per heavy atom. The van der Waals surface area contributed by atoms with E-state index >= 15 is 0 Å². The zero-order valence-electron chi connectivity index (χ0n) is 14.2. The maximum atomic E-state index is 12.3. The molecule has 0 bridgehead atoms. The van der Waals surface area contributed by atoms with E-state index in [4.69, 9.17) is 4.52 Å². The van der Waals surface area contributed by atoms with Crippen LogP contribution in [0.3, 0.4) is 0 Å². The molecular weight excluding hydrogens is 306 g/mol. The maximum Gasteiger partial charge on any atom is 0.271 e. The van der Waals surface area contributed by atoms with Gasteiger partial charge in [-0.3, -0.25) is 9.69 Å². The van der Waals surface area contributed by atoms with Crippen LogP contribution in [0.1, 0.15) is 53.6 Å². The molecule has 1 atom stereocenters. The van der Waals surface area contributed by atoms with E-state index in [-0.39, 0.29) is 11.9 Å². The van der Waals surface area contributed by atoms with Crippen LogP contribution in [0.2, 0.25) is 0 Å². The highest BCUT2D eigenvalue weighted by Crippen LogP contribution is 2.28. The van der Waals surface area contributed by atoms with E-state index in [1.54, 1.807) is 0 Å². The zero-order chi connectivity index (χ0) is 16.7. The van der Waals surface area contributed by atoms with Crippen molar-refractivity contribution >= 4 is 5.91 Å². The van der Waals surface area contributed by atoms with Gasteiger partial charge in [0.1, 0.15) is 17.3 Å². The number of imidazole rings is 1. The molecule has 7 nitrogen and oxygen atoms in total. The lowest BCUT2D eigenvalue weighted by atomic mass is 10.2. The number of carbonyl (C=O) groups excluding carboxylic acids is 1. The Balaban J connectivity index is 1.45. The molecule has 3 heterocycles. The third-order valence-corrected chi connectivity index (χ3v) is 4.88. The Labute approximate surface area is 141 Å². The number of aryl methyl sites for hydroxylation is 1. The van der Waals surface area contributed by atoms with Crippen molar-refractivity contribution in [2.45, 2.75) is 45.8 Å². The lowest BCUT2D eigenvalue weighted by Crippen LogP contribution is -2.36. The molecule has 7 heteroatoms. The summed E-state index contributed by atoms with van der Waals surface area (Å²) in [6.07, 6.45) is 4.34. The molecule has 2 aromatic heterocycles. The summed E-state index contributed by atoms with van der Waals surface area (Å²) in [5, 5.41) is 7.06. The van der Waals surface area contributed by atoms with Crippen molar-refractivity contribution in [1.82, 2.24) is 24.9 Å². The number of nitrogens with zero attached hydrogens (tertiary/aromatic N) is 4. The van der Waals surface area contributed by atoms with Crippen LogP contribution in [0.15, 0.2) is 16.8 Å². The molecule has 1 aliphatic heterocycles. The van der Waals surface area contributed by atoms with E-state index in [1.165, 1.54) is 12.8 Å². The maximum absolute atomic E-state index is 12.3. The molecule has 0 aromatic carbocycles. The summed E-state index contributed by atoms with van der Waals surface area (Å²) >= 11 is 0. The number of aromatic nitrogens is 3. The molecule has 0 saturated heterocycles. The van der Waals surface area contributed by atoms with E-state index in [0.29, 0.717) is 11.6 Å². The fourth-order valence-corrected chi connectivity index (χ4v) is 3.21. The summed E-state index contributed by atoms with van der Waals surface area (Å²) in [7, 11) is 0. The van der Waals surface area contributed by atoms with Gasteiger partial charge in [-0.2, -0.15) is 0 Å². The molecule has 128 valence electrons. The Morgan fingerprint density at radius 1 is 1.42 bits per heavy atom. The van der Waals surface area contributed by atoms with Gasteiger partial charge in [0.2, 0.25) is 0 Å². The predicted octanol–water partition coefficient (Wildman–Crippen LogP) is 1.90. The highest BCUT2D eigenvalue weighted by molar-refractivity contribution is 5.92. The van der Waals surface area contributed by atoms with Gasteiger partial charge in [0, 0.05) is 38.4 Å². The van der Waals surface area contributed by atoms with E-state index in [1.807, 2.05) is 19.2 Å². The van der Waals surface area contributed by atoms with Crippen LogP contribution < -0.4 is 5.32 Å². The van der Waals surface area contributed by atoms with Gasteiger partial charge in [-0.1, -0.05) is 5.16 Å². The summed E-state index contributed by atoms with van der Waals surface area (Å²) in [5.41, 5.74) is 1.46. The summed E-state index contributed by atoms with van der Waals surface area (Å²) in [6, 6.07) is 2.10. The van der Waals surface area contributed by atoms with Crippen LogP contribution in [0.4, 0.5) is 0 Å². The smallest absolute Gasteiger partial charge is 0.271 e. The van der Waals surface area contributed by atoms with E-state index in [2.05, 4.69) is 31.8 Å². The zero-order valence-corrected chi connectivity index (χ0v) is 14.2. The van der Waals surface area contributed by atoms with Crippen LogP contribution in [0, 0.1) is 12.8 Å². The largest absolute Gasteiger partial charge is 0.361 e. The number of fused-ring (bicyclic) bond motifs is 1. The molecule has 1 fully saturated rings. The van der Waals surface area contributed by atoms with Gasteiger partial charge >= 0.3 is 0 Å². The van der Waals surface area contributed by atoms with Crippen molar-refractivity contribution in [2.75, 3.05) is 13.1 Å². The normalized spacial score (nSPS) is 20.8. The molecule has 24 heavy (non-hydrogen) atoms. The Hall–Kier alpha value is -2.15. The highest BCUT2D eigenvalue weighted by Gasteiger charge is 2.28. The van der Waals surface area contributed by atoms with Crippen LogP contribution in [-0.4, -0.2) is 38.6 Å². The number of rotatable bonds is 5. The number of nitrogens with one attached hydrogen (secondary N) is 1. The minimum atomic E-state index is -0.0605. The quantitative estimate of drug-likeness (QED) is 0.906. The molecule has 0 radical (unpaired) electrons. The van der Waals surface area contributed by atoms with Gasteiger partial charge < -0.3 is 14.4 Å². The first-order chi connectivity index (χ1) is 11.6. The van der Waals surface area contributed by atoms with E-state index < -0.39 is 0 Å². The van der Waals surface area contributed by atoms with Gasteiger partial charge in [-0.05, 0) is 32.6 Å². The van der Waals surface area contributed by atoms with Crippen LogP contribution >= 0.6 is 0 Å². The summed E-state index contributed by atoms with van der Waals surface area (Å²) in [6.45, 7) is 7.26. The van der Waals surface area contributed by atoms with E-state index in [0.717, 1.165) is 43.5 Å². The first-order valence-electron chi connectivity index (χ1n) is 8.61. The second kappa shape index (κ2) is 6.05. The third kappa shape index (κ3) is 3.08. The molecule has 1 amide bonds. The summed E-state index contributed by atoms with van der Waals surface area (Å²) in [5.74, 6) is 2.38. The van der Waals surface area contributed by atoms with Gasteiger partial charge in [0.25, 0.3) is 5.91 Å². The van der Waals surface area contributed by atoms with Crippen LogP contribution in [0.25, 0.3) is 0 Å². The summed E-state index contributed by atoms with van der Waals surface area (Å²) < 4.78 is 7.25. The number of amides is 1. The Bertz CT molecular complexity index is 746. The van der Waals surface area contributed by atoms with Crippen molar-refractivity contribution in [3.8, 4) is 0 Å². The molecule has 0 unspecified atom stereocenters. The molecule has 4 rings (SSSR count). The summed E-state index contributed by atoms with van der Waals surface area (Å²) in [4.78, 5) is 19.2. The SMILES string of the molecule is Cc1cc(CN2CCn3cc(C(=O)NCC4CC4)nc3[C@@H]2C)no1. The Morgan fingerprint density at radius 2 is 2.25 bits per heavy atom.